The Labute approximate surface area is 148 Å². The van der Waals surface area contributed by atoms with E-state index in [0.29, 0.717) is 18.3 Å². The largest absolute Gasteiger partial charge is 0.462 e. The number of anilines is 1. The molecule has 2 heterocycles. The lowest BCUT2D eigenvalue weighted by molar-refractivity contribution is 0.0526. The van der Waals surface area contributed by atoms with Gasteiger partial charge in [0.25, 0.3) is 0 Å². The number of nitriles is 1. The van der Waals surface area contributed by atoms with Crippen LogP contribution in [0.15, 0.2) is 36.0 Å². The Kier molecular flexibility index (Phi) is 5.72. The van der Waals surface area contributed by atoms with Gasteiger partial charge in [0.1, 0.15) is 0 Å². The molecule has 1 aromatic rings. The van der Waals surface area contributed by atoms with Crippen molar-refractivity contribution < 1.29 is 14.3 Å². The van der Waals surface area contributed by atoms with Gasteiger partial charge in [-0.05, 0) is 56.9 Å². The van der Waals surface area contributed by atoms with Crippen LogP contribution in [0.5, 0.6) is 0 Å². The highest BCUT2D eigenvalue weighted by atomic mass is 16.5. The summed E-state index contributed by atoms with van der Waals surface area (Å²) in [5.74, 6) is -0.0582. The molecule has 0 N–H and O–H groups in total. The third-order valence-electron chi connectivity index (χ3n) is 4.85. The molecule has 1 fully saturated rings. The number of esters is 1. The predicted octanol–water partition coefficient (Wildman–Crippen LogP) is 3.67. The smallest absolute Gasteiger partial charge is 0.338 e. The zero-order chi connectivity index (χ0) is 17.6. The summed E-state index contributed by atoms with van der Waals surface area (Å²) in [6, 6.07) is 9.69. The van der Waals surface area contributed by atoms with E-state index in [9.17, 15) is 10.1 Å². The first-order valence-corrected chi connectivity index (χ1v) is 8.98. The Morgan fingerprint density at radius 2 is 2.16 bits per heavy atom. The summed E-state index contributed by atoms with van der Waals surface area (Å²) in [4.78, 5) is 13.8. The first-order chi connectivity index (χ1) is 12.2. The zero-order valence-corrected chi connectivity index (χ0v) is 14.6. The normalized spacial score (nSPS) is 22.6. The molecule has 0 radical (unpaired) electrons. The van der Waals surface area contributed by atoms with E-state index in [4.69, 9.17) is 9.47 Å². The molecule has 5 nitrogen and oxygen atoms in total. The van der Waals surface area contributed by atoms with Crippen LogP contribution in [-0.2, 0) is 9.47 Å². The summed E-state index contributed by atoms with van der Waals surface area (Å²) in [5.41, 5.74) is 2.36. The van der Waals surface area contributed by atoms with Crippen LogP contribution in [0.3, 0.4) is 0 Å². The third kappa shape index (κ3) is 4.21. The van der Waals surface area contributed by atoms with E-state index < -0.39 is 0 Å². The molecular weight excluding hydrogens is 316 g/mol. The molecule has 132 valence electrons. The van der Waals surface area contributed by atoms with Crippen LogP contribution in [0.4, 0.5) is 5.69 Å². The van der Waals surface area contributed by atoms with Gasteiger partial charge in [-0.1, -0.05) is 0 Å². The number of carbonyl (C=O) groups excluding carboxylic acids is 1. The van der Waals surface area contributed by atoms with Crippen LogP contribution in [0.1, 0.15) is 43.0 Å². The van der Waals surface area contributed by atoms with Crippen LogP contribution >= 0.6 is 0 Å². The van der Waals surface area contributed by atoms with Crippen molar-refractivity contribution in [2.75, 3.05) is 24.7 Å². The minimum atomic E-state index is -0.307. The second kappa shape index (κ2) is 8.17. The molecule has 5 heteroatoms. The molecule has 3 rings (SSSR count). The minimum Gasteiger partial charge on any atom is -0.462 e. The van der Waals surface area contributed by atoms with Crippen molar-refractivity contribution in [3.05, 3.63) is 41.6 Å². The number of carbonyl (C=O) groups is 1. The van der Waals surface area contributed by atoms with E-state index in [1.807, 2.05) is 18.3 Å². The van der Waals surface area contributed by atoms with E-state index >= 15 is 0 Å². The fourth-order valence-corrected chi connectivity index (χ4v) is 3.47. The molecule has 0 aromatic heterocycles. The molecular formula is C20H24N2O3. The van der Waals surface area contributed by atoms with Gasteiger partial charge >= 0.3 is 5.97 Å². The maximum absolute atomic E-state index is 11.7. The molecule has 0 amide bonds. The van der Waals surface area contributed by atoms with Gasteiger partial charge < -0.3 is 14.4 Å². The van der Waals surface area contributed by atoms with Crippen LogP contribution in [-0.4, -0.2) is 31.8 Å². The van der Waals surface area contributed by atoms with Gasteiger partial charge in [-0.25, -0.2) is 4.79 Å². The van der Waals surface area contributed by atoms with Crippen molar-refractivity contribution in [3.63, 3.8) is 0 Å². The second-order valence-corrected chi connectivity index (χ2v) is 6.53. The Bertz CT molecular complexity index is 669. The molecule has 2 aliphatic heterocycles. The maximum Gasteiger partial charge on any atom is 0.338 e. The molecule has 25 heavy (non-hydrogen) atoms. The molecule has 2 aliphatic rings. The molecule has 1 aromatic carbocycles. The van der Waals surface area contributed by atoms with E-state index in [1.54, 1.807) is 19.1 Å². The van der Waals surface area contributed by atoms with Crippen molar-refractivity contribution in [1.29, 1.82) is 5.26 Å². The average molecular weight is 340 g/mol. The van der Waals surface area contributed by atoms with Crippen LogP contribution < -0.4 is 4.90 Å². The number of hydrogen-bond acceptors (Lipinski definition) is 5. The monoisotopic (exact) mass is 340 g/mol. The lowest BCUT2D eigenvalue weighted by Gasteiger charge is -2.19. The van der Waals surface area contributed by atoms with Gasteiger partial charge in [-0.2, -0.15) is 5.26 Å². The number of rotatable bonds is 6. The molecule has 0 aliphatic carbocycles. The molecule has 2 unspecified atom stereocenters. The molecule has 0 saturated carbocycles. The van der Waals surface area contributed by atoms with Crippen LogP contribution in [0.2, 0.25) is 0 Å². The van der Waals surface area contributed by atoms with Gasteiger partial charge in [0.05, 0.1) is 29.9 Å². The highest BCUT2D eigenvalue weighted by Crippen LogP contribution is 2.31. The number of ether oxygens (including phenoxy) is 2. The van der Waals surface area contributed by atoms with Crippen LogP contribution in [0.25, 0.3) is 0 Å². The summed E-state index contributed by atoms with van der Waals surface area (Å²) in [5, 5.41) is 9.43. The molecule has 0 spiro atoms. The number of nitrogens with zero attached hydrogens (tertiary/aromatic N) is 2. The Balaban J connectivity index is 1.62. The standard InChI is InChI=1S/C20H24N2O3/c1-2-24-20(23)15-5-8-18(9-6-15)22-13-16(17(12-21)14-22)7-10-19-4-3-11-25-19/h5-6,8-9,14,16,19H,2-4,7,10-11,13H2,1H3. The van der Waals surface area contributed by atoms with Crippen molar-refractivity contribution in [2.45, 2.75) is 38.7 Å². The van der Waals surface area contributed by atoms with Gasteiger partial charge in [-0.15, -0.1) is 0 Å². The van der Waals surface area contributed by atoms with Crippen molar-refractivity contribution in [3.8, 4) is 6.07 Å². The molecule has 0 bridgehead atoms. The topological polar surface area (TPSA) is 62.6 Å². The Hall–Kier alpha value is -2.32. The summed E-state index contributed by atoms with van der Waals surface area (Å²) in [6.45, 7) is 3.83. The van der Waals surface area contributed by atoms with Gasteiger partial charge in [-0.3, -0.25) is 0 Å². The van der Waals surface area contributed by atoms with E-state index in [-0.39, 0.29) is 11.9 Å². The summed E-state index contributed by atoms with van der Waals surface area (Å²) >= 11 is 0. The highest BCUT2D eigenvalue weighted by molar-refractivity contribution is 5.89. The summed E-state index contributed by atoms with van der Waals surface area (Å²) < 4.78 is 10.7. The highest BCUT2D eigenvalue weighted by Gasteiger charge is 2.27. The zero-order valence-electron chi connectivity index (χ0n) is 14.6. The fraction of sp³-hybridized carbons (Fsp3) is 0.500. The fourth-order valence-electron chi connectivity index (χ4n) is 3.47. The van der Waals surface area contributed by atoms with Crippen molar-refractivity contribution in [2.24, 2.45) is 5.92 Å². The molecule has 2 atom stereocenters. The first-order valence-electron chi connectivity index (χ1n) is 8.98. The summed E-state index contributed by atoms with van der Waals surface area (Å²) in [7, 11) is 0. The third-order valence-corrected chi connectivity index (χ3v) is 4.85. The number of benzene rings is 1. The van der Waals surface area contributed by atoms with Gasteiger partial charge in [0.2, 0.25) is 0 Å². The second-order valence-electron chi connectivity index (χ2n) is 6.53. The van der Waals surface area contributed by atoms with Crippen molar-refractivity contribution >= 4 is 11.7 Å². The lowest BCUT2D eigenvalue weighted by atomic mass is 9.95. The average Bonchev–Trinajstić information content (AvgIpc) is 3.29. The van der Waals surface area contributed by atoms with E-state index in [1.165, 1.54) is 0 Å². The van der Waals surface area contributed by atoms with Crippen LogP contribution in [0, 0.1) is 17.2 Å². The Morgan fingerprint density at radius 1 is 1.36 bits per heavy atom. The van der Waals surface area contributed by atoms with Crippen molar-refractivity contribution in [1.82, 2.24) is 0 Å². The quantitative estimate of drug-likeness (QED) is 0.740. The summed E-state index contributed by atoms with van der Waals surface area (Å²) in [6.07, 6.45) is 6.56. The Morgan fingerprint density at radius 3 is 2.80 bits per heavy atom. The lowest BCUT2D eigenvalue weighted by Crippen LogP contribution is -2.19. The predicted molar refractivity (Wildman–Crippen MR) is 95.1 cm³/mol. The number of hydrogen-bond donors (Lipinski definition) is 0. The maximum atomic E-state index is 11.7. The van der Waals surface area contributed by atoms with E-state index in [2.05, 4.69) is 11.0 Å². The minimum absolute atomic E-state index is 0.249. The first kappa shape index (κ1) is 17.5. The van der Waals surface area contributed by atoms with Gasteiger partial charge in [0, 0.05) is 31.0 Å². The SMILES string of the molecule is CCOC(=O)c1ccc(N2C=C(C#N)C(CCC3CCCO3)C2)cc1. The van der Waals surface area contributed by atoms with E-state index in [0.717, 1.165) is 50.1 Å². The van der Waals surface area contributed by atoms with Gasteiger partial charge in [0.15, 0.2) is 0 Å². The molecule has 1 saturated heterocycles.